The van der Waals surface area contributed by atoms with E-state index in [0.29, 0.717) is 21.7 Å². The Morgan fingerprint density at radius 3 is 2.06 bits per heavy atom. The van der Waals surface area contributed by atoms with Crippen molar-refractivity contribution in [1.82, 2.24) is 0 Å². The number of anilines is 1. The highest BCUT2D eigenvalue weighted by molar-refractivity contribution is 7.92. The molecular formula is C27H19NO6S. The van der Waals surface area contributed by atoms with Crippen molar-refractivity contribution in [2.75, 3.05) is 4.72 Å². The van der Waals surface area contributed by atoms with Crippen LogP contribution in [-0.4, -0.2) is 29.7 Å². The Morgan fingerprint density at radius 1 is 0.743 bits per heavy atom. The number of aromatic carboxylic acids is 1. The Hall–Kier alpha value is -4.56. The molecule has 35 heavy (non-hydrogen) atoms. The quantitative estimate of drug-likeness (QED) is 0.241. The molecule has 0 radical (unpaired) electrons. The summed E-state index contributed by atoms with van der Waals surface area (Å²) in [6.45, 7) is 0. The molecule has 8 heteroatoms. The van der Waals surface area contributed by atoms with Gasteiger partial charge in [0, 0.05) is 21.9 Å². The van der Waals surface area contributed by atoms with Gasteiger partial charge in [-0.3, -0.25) is 4.72 Å². The molecule has 0 spiro atoms. The number of sulfonamides is 1. The minimum Gasteiger partial charge on any atom is -0.507 e. The van der Waals surface area contributed by atoms with Crippen LogP contribution >= 0.6 is 0 Å². The van der Waals surface area contributed by atoms with Gasteiger partial charge in [0.05, 0.1) is 16.1 Å². The highest BCUT2D eigenvalue weighted by atomic mass is 32.2. The molecule has 0 amide bonds. The van der Waals surface area contributed by atoms with Crippen molar-refractivity contribution in [2.24, 2.45) is 0 Å². The van der Waals surface area contributed by atoms with E-state index in [0.717, 1.165) is 5.39 Å². The summed E-state index contributed by atoms with van der Waals surface area (Å²) in [7, 11) is -4.10. The predicted molar refractivity (Wildman–Crippen MR) is 134 cm³/mol. The largest absolute Gasteiger partial charge is 0.507 e. The predicted octanol–water partition coefficient (Wildman–Crippen LogP) is 5.57. The number of rotatable bonds is 5. The maximum absolute atomic E-state index is 13.2. The van der Waals surface area contributed by atoms with E-state index in [-0.39, 0.29) is 33.2 Å². The zero-order valence-electron chi connectivity index (χ0n) is 18.1. The molecule has 0 heterocycles. The summed E-state index contributed by atoms with van der Waals surface area (Å²) < 4.78 is 28.9. The molecule has 0 fully saturated rings. The van der Waals surface area contributed by atoms with Crippen molar-refractivity contribution in [2.45, 2.75) is 4.90 Å². The monoisotopic (exact) mass is 485 g/mol. The Bertz CT molecular complexity index is 1730. The third-order valence-corrected chi connectivity index (χ3v) is 7.23. The van der Waals surface area contributed by atoms with Gasteiger partial charge < -0.3 is 15.3 Å². The molecule has 5 rings (SSSR count). The van der Waals surface area contributed by atoms with Gasteiger partial charge in [-0.25, -0.2) is 13.2 Å². The molecule has 0 aliphatic carbocycles. The first-order valence-corrected chi connectivity index (χ1v) is 12.1. The fourth-order valence-corrected chi connectivity index (χ4v) is 5.23. The molecule has 0 unspecified atom stereocenters. The lowest BCUT2D eigenvalue weighted by molar-refractivity contribution is 0.0696. The number of phenolic OH excluding ortho intramolecular Hbond substituents is 2. The highest BCUT2D eigenvalue weighted by Crippen LogP contribution is 2.46. The maximum Gasteiger partial charge on any atom is 0.335 e. The minimum atomic E-state index is -4.10. The first-order valence-electron chi connectivity index (χ1n) is 10.6. The summed E-state index contributed by atoms with van der Waals surface area (Å²) in [6.07, 6.45) is 0. The van der Waals surface area contributed by atoms with Crippen molar-refractivity contribution in [3.8, 4) is 22.6 Å². The Balaban J connectivity index is 1.71. The van der Waals surface area contributed by atoms with Crippen LogP contribution in [0.2, 0.25) is 0 Å². The average molecular weight is 486 g/mol. The molecule has 0 saturated carbocycles. The van der Waals surface area contributed by atoms with Crippen LogP contribution in [0.1, 0.15) is 10.4 Å². The number of carboxylic acid groups (broad SMARTS) is 1. The van der Waals surface area contributed by atoms with Crippen LogP contribution in [0.5, 0.6) is 11.5 Å². The number of hydrogen-bond acceptors (Lipinski definition) is 5. The number of aromatic hydroxyl groups is 2. The van der Waals surface area contributed by atoms with E-state index in [1.165, 1.54) is 36.4 Å². The number of carbonyl (C=O) groups is 1. The molecule has 7 nitrogen and oxygen atoms in total. The summed E-state index contributed by atoms with van der Waals surface area (Å²) in [5.74, 6) is -1.32. The highest BCUT2D eigenvalue weighted by Gasteiger charge is 2.21. The smallest absolute Gasteiger partial charge is 0.335 e. The van der Waals surface area contributed by atoms with E-state index in [1.807, 2.05) is 24.3 Å². The van der Waals surface area contributed by atoms with Crippen LogP contribution in [0, 0.1) is 0 Å². The standard InChI is InChI=1S/C27H19NO6S/c29-24-14-11-16-5-1-2-6-19(16)25(24)22-15-23(20-7-3-4-8-21(20)26(22)30)28-35(33,34)18-12-9-17(10-13-18)27(31)32/h1-15,28-30H,(H,31,32). The van der Waals surface area contributed by atoms with Crippen LogP contribution in [-0.2, 0) is 10.0 Å². The Kier molecular flexibility index (Phi) is 5.30. The number of benzene rings is 5. The first kappa shape index (κ1) is 22.2. The summed E-state index contributed by atoms with van der Waals surface area (Å²) in [4.78, 5) is 11.0. The van der Waals surface area contributed by atoms with E-state index >= 15 is 0 Å². The van der Waals surface area contributed by atoms with E-state index in [9.17, 15) is 23.4 Å². The lowest BCUT2D eigenvalue weighted by Gasteiger charge is -2.17. The first-order chi connectivity index (χ1) is 16.8. The molecule has 0 atom stereocenters. The Morgan fingerprint density at radius 2 is 1.37 bits per heavy atom. The summed E-state index contributed by atoms with van der Waals surface area (Å²) in [5.41, 5.74) is 0.797. The summed E-state index contributed by atoms with van der Waals surface area (Å²) in [6, 6.07) is 23.8. The normalized spacial score (nSPS) is 11.5. The van der Waals surface area contributed by atoms with E-state index in [2.05, 4.69) is 4.72 Å². The minimum absolute atomic E-state index is 0.0345. The molecule has 0 bridgehead atoms. The number of carboxylic acids is 1. The molecule has 0 aliphatic heterocycles. The van der Waals surface area contributed by atoms with Gasteiger partial charge in [0.25, 0.3) is 10.0 Å². The lowest BCUT2D eigenvalue weighted by Crippen LogP contribution is -2.13. The van der Waals surface area contributed by atoms with Gasteiger partial charge in [0.15, 0.2) is 0 Å². The van der Waals surface area contributed by atoms with Gasteiger partial charge in [0.2, 0.25) is 0 Å². The lowest BCUT2D eigenvalue weighted by atomic mass is 9.93. The number of phenols is 2. The Labute approximate surface area is 200 Å². The van der Waals surface area contributed by atoms with Crippen LogP contribution < -0.4 is 4.72 Å². The molecule has 0 aliphatic rings. The zero-order valence-corrected chi connectivity index (χ0v) is 19.0. The van der Waals surface area contributed by atoms with Gasteiger partial charge in [-0.1, -0.05) is 54.6 Å². The second-order valence-corrected chi connectivity index (χ2v) is 9.66. The van der Waals surface area contributed by atoms with Crippen molar-refractivity contribution in [3.05, 3.63) is 96.6 Å². The van der Waals surface area contributed by atoms with E-state index in [4.69, 9.17) is 5.11 Å². The molecular weight excluding hydrogens is 466 g/mol. The topological polar surface area (TPSA) is 124 Å². The van der Waals surface area contributed by atoms with Crippen LogP contribution in [0.15, 0.2) is 95.9 Å². The van der Waals surface area contributed by atoms with Gasteiger partial charge in [0.1, 0.15) is 11.5 Å². The second-order valence-electron chi connectivity index (χ2n) is 7.98. The summed E-state index contributed by atoms with van der Waals surface area (Å²) in [5, 5.41) is 33.4. The molecule has 174 valence electrons. The van der Waals surface area contributed by atoms with Crippen molar-refractivity contribution < 1.29 is 28.5 Å². The van der Waals surface area contributed by atoms with Crippen LogP contribution in [0.4, 0.5) is 5.69 Å². The maximum atomic E-state index is 13.2. The third kappa shape index (κ3) is 3.89. The van der Waals surface area contributed by atoms with Gasteiger partial charge in [-0.05, 0) is 47.2 Å². The van der Waals surface area contributed by atoms with Crippen molar-refractivity contribution >= 4 is 43.2 Å². The van der Waals surface area contributed by atoms with Crippen molar-refractivity contribution in [3.63, 3.8) is 0 Å². The van der Waals surface area contributed by atoms with Gasteiger partial charge in [-0.15, -0.1) is 0 Å². The average Bonchev–Trinajstić information content (AvgIpc) is 2.86. The molecule has 4 N–H and O–H groups in total. The van der Waals surface area contributed by atoms with Gasteiger partial charge in [-0.2, -0.15) is 0 Å². The third-order valence-electron chi connectivity index (χ3n) is 5.85. The molecule has 5 aromatic rings. The SMILES string of the molecule is O=C(O)c1ccc(S(=O)(=O)Nc2cc(-c3c(O)ccc4ccccc34)c(O)c3ccccc23)cc1. The number of nitrogens with one attached hydrogen (secondary N) is 1. The summed E-state index contributed by atoms with van der Waals surface area (Å²) >= 11 is 0. The molecule has 0 aromatic heterocycles. The van der Waals surface area contributed by atoms with Gasteiger partial charge >= 0.3 is 5.97 Å². The second kappa shape index (κ2) is 8.34. The molecule has 5 aromatic carbocycles. The fourth-order valence-electron chi connectivity index (χ4n) is 4.16. The van der Waals surface area contributed by atoms with Crippen LogP contribution in [0.3, 0.4) is 0 Å². The number of hydrogen-bond donors (Lipinski definition) is 4. The van der Waals surface area contributed by atoms with Crippen molar-refractivity contribution in [1.29, 1.82) is 0 Å². The molecule has 0 saturated heterocycles. The van der Waals surface area contributed by atoms with E-state index in [1.54, 1.807) is 30.3 Å². The van der Waals surface area contributed by atoms with E-state index < -0.39 is 16.0 Å². The zero-order chi connectivity index (χ0) is 24.7. The number of fused-ring (bicyclic) bond motifs is 2. The fraction of sp³-hybridized carbons (Fsp3) is 0. The van der Waals surface area contributed by atoms with Crippen LogP contribution in [0.25, 0.3) is 32.7 Å².